The molecule has 0 spiro atoms. The molecule has 0 aliphatic carbocycles. The molecule has 0 aliphatic heterocycles. The van der Waals surface area contributed by atoms with Gasteiger partial charge in [-0.25, -0.2) is 0 Å². The SMILES string of the molecule is CCCCCCCCCN(CCCCCCCCC)C(C)CCCC(=O)[O-].[Li+]. The number of hydrogen-bond donors (Lipinski definition) is 0. The first-order valence-corrected chi connectivity index (χ1v) is 12.1. The number of carbonyl (C=O) groups excluding carboxylic acids is 1. The van der Waals surface area contributed by atoms with Crippen LogP contribution in [0.3, 0.4) is 0 Å². The second-order valence-electron chi connectivity index (χ2n) is 8.39. The van der Waals surface area contributed by atoms with Gasteiger partial charge in [0.25, 0.3) is 0 Å². The van der Waals surface area contributed by atoms with E-state index in [4.69, 9.17) is 0 Å². The average Bonchev–Trinajstić information content (AvgIpc) is 2.64. The molecule has 0 aromatic rings. The number of hydrogen-bond acceptors (Lipinski definition) is 3. The smallest absolute Gasteiger partial charge is 0.550 e. The van der Waals surface area contributed by atoms with Crippen molar-refractivity contribution in [1.82, 2.24) is 4.90 Å². The van der Waals surface area contributed by atoms with Crippen molar-refractivity contribution in [3.05, 3.63) is 0 Å². The molecule has 3 nitrogen and oxygen atoms in total. The van der Waals surface area contributed by atoms with Crippen molar-refractivity contribution in [2.24, 2.45) is 0 Å². The van der Waals surface area contributed by atoms with E-state index in [1.54, 1.807) is 0 Å². The van der Waals surface area contributed by atoms with E-state index in [2.05, 4.69) is 25.7 Å². The van der Waals surface area contributed by atoms with Crippen LogP contribution >= 0.6 is 0 Å². The Morgan fingerprint density at radius 1 is 0.714 bits per heavy atom. The Labute approximate surface area is 188 Å². The van der Waals surface area contributed by atoms with Crippen LogP contribution in [0.25, 0.3) is 0 Å². The molecule has 0 saturated heterocycles. The minimum Gasteiger partial charge on any atom is -0.550 e. The normalized spacial score (nSPS) is 12.1. The molecule has 0 rings (SSSR count). The summed E-state index contributed by atoms with van der Waals surface area (Å²) in [4.78, 5) is 13.3. The summed E-state index contributed by atoms with van der Waals surface area (Å²) < 4.78 is 0. The molecule has 162 valence electrons. The number of nitrogens with zero attached hydrogens (tertiary/aromatic N) is 1. The number of unbranched alkanes of at least 4 members (excludes halogenated alkanes) is 12. The third-order valence-electron chi connectivity index (χ3n) is 5.72. The second kappa shape index (κ2) is 23.3. The van der Waals surface area contributed by atoms with Crippen LogP contribution in [-0.2, 0) is 4.79 Å². The van der Waals surface area contributed by atoms with Crippen LogP contribution in [0, 0.1) is 0 Å². The van der Waals surface area contributed by atoms with E-state index in [1.807, 2.05) is 0 Å². The quantitative estimate of drug-likeness (QED) is 0.224. The molecule has 4 heteroatoms. The predicted octanol–water partition coefficient (Wildman–Crippen LogP) is 3.10. The number of aliphatic carboxylic acids is 1. The zero-order valence-corrected chi connectivity index (χ0v) is 19.8. The molecule has 0 heterocycles. The van der Waals surface area contributed by atoms with Crippen molar-refractivity contribution in [3.8, 4) is 0 Å². The molecule has 0 aromatic heterocycles. The molecule has 0 aliphatic rings. The van der Waals surface area contributed by atoms with Crippen molar-refractivity contribution in [1.29, 1.82) is 0 Å². The summed E-state index contributed by atoms with van der Waals surface area (Å²) in [6, 6.07) is 0.490. The maximum Gasteiger partial charge on any atom is 1.00 e. The maximum absolute atomic E-state index is 10.7. The van der Waals surface area contributed by atoms with Gasteiger partial charge in [-0.3, -0.25) is 0 Å². The van der Waals surface area contributed by atoms with E-state index in [9.17, 15) is 9.90 Å². The average molecular weight is 390 g/mol. The summed E-state index contributed by atoms with van der Waals surface area (Å²) in [6.45, 7) is 9.16. The molecule has 0 fully saturated rings. The van der Waals surface area contributed by atoms with Gasteiger partial charge in [-0.05, 0) is 52.1 Å². The maximum atomic E-state index is 10.7. The van der Waals surface area contributed by atoms with E-state index in [-0.39, 0.29) is 25.3 Å². The van der Waals surface area contributed by atoms with Gasteiger partial charge < -0.3 is 14.8 Å². The molecular formula is C24H48LiNO2. The van der Waals surface area contributed by atoms with Crippen LogP contribution in [-0.4, -0.2) is 30.0 Å². The Morgan fingerprint density at radius 2 is 1.11 bits per heavy atom. The standard InChI is InChI=1S/C24H49NO2.Li/c1-4-6-8-10-12-14-16-21-25(23(3)19-18-20-24(26)27)22-17-15-13-11-9-7-5-2;/h23H,4-22H2,1-3H3,(H,26,27);/q;+1/p-1. The number of carboxylic acids is 1. The van der Waals surface area contributed by atoms with Gasteiger partial charge in [0.05, 0.1) is 0 Å². The Bertz CT molecular complexity index is 308. The van der Waals surface area contributed by atoms with Gasteiger partial charge in [0, 0.05) is 12.0 Å². The van der Waals surface area contributed by atoms with Crippen molar-refractivity contribution in [2.75, 3.05) is 13.1 Å². The molecule has 1 unspecified atom stereocenters. The minimum absolute atomic E-state index is 0. The first kappa shape index (κ1) is 30.2. The fraction of sp³-hybridized carbons (Fsp3) is 0.958. The monoisotopic (exact) mass is 389 g/mol. The molecule has 0 N–H and O–H groups in total. The van der Waals surface area contributed by atoms with Crippen molar-refractivity contribution < 1.29 is 28.8 Å². The van der Waals surface area contributed by atoms with Gasteiger partial charge >= 0.3 is 18.9 Å². The van der Waals surface area contributed by atoms with E-state index in [0.29, 0.717) is 6.04 Å². The third-order valence-corrected chi connectivity index (χ3v) is 5.72. The third kappa shape index (κ3) is 20.8. The van der Waals surface area contributed by atoms with E-state index >= 15 is 0 Å². The zero-order valence-electron chi connectivity index (χ0n) is 19.8. The van der Waals surface area contributed by atoms with E-state index < -0.39 is 5.97 Å². The van der Waals surface area contributed by atoms with Crippen molar-refractivity contribution >= 4 is 5.97 Å². The molecular weight excluding hydrogens is 341 g/mol. The van der Waals surface area contributed by atoms with Crippen LogP contribution in [0.4, 0.5) is 0 Å². The summed E-state index contributed by atoms with van der Waals surface area (Å²) in [7, 11) is 0. The Balaban J connectivity index is 0. The summed E-state index contributed by atoms with van der Waals surface area (Å²) in [6.07, 6.45) is 20.8. The predicted molar refractivity (Wildman–Crippen MR) is 116 cm³/mol. The summed E-state index contributed by atoms with van der Waals surface area (Å²) in [5.74, 6) is -0.909. The molecule has 0 amide bonds. The fourth-order valence-electron chi connectivity index (χ4n) is 3.82. The van der Waals surface area contributed by atoms with E-state index in [0.717, 1.165) is 12.8 Å². The van der Waals surface area contributed by atoms with Crippen LogP contribution in [0.15, 0.2) is 0 Å². The molecule has 28 heavy (non-hydrogen) atoms. The molecule has 1 atom stereocenters. The second-order valence-corrected chi connectivity index (χ2v) is 8.39. The van der Waals surface area contributed by atoms with Gasteiger partial charge in [0.1, 0.15) is 0 Å². The van der Waals surface area contributed by atoms with Gasteiger partial charge in [-0.1, -0.05) is 90.9 Å². The number of carboxylic acid groups (broad SMARTS) is 1. The largest absolute Gasteiger partial charge is 1.00 e. The topological polar surface area (TPSA) is 43.4 Å². The Hall–Kier alpha value is 0.0274. The van der Waals surface area contributed by atoms with Gasteiger partial charge in [0.15, 0.2) is 0 Å². The summed E-state index contributed by atoms with van der Waals surface area (Å²) in [5.41, 5.74) is 0. The van der Waals surface area contributed by atoms with Crippen molar-refractivity contribution in [2.45, 2.75) is 136 Å². The van der Waals surface area contributed by atoms with Crippen LogP contribution < -0.4 is 24.0 Å². The van der Waals surface area contributed by atoms with Crippen LogP contribution in [0.2, 0.25) is 0 Å². The summed E-state index contributed by atoms with van der Waals surface area (Å²) in [5, 5.41) is 10.7. The number of carbonyl (C=O) groups is 1. The minimum atomic E-state index is -0.909. The van der Waals surface area contributed by atoms with Gasteiger partial charge in [-0.15, -0.1) is 0 Å². The Morgan fingerprint density at radius 3 is 1.50 bits per heavy atom. The first-order chi connectivity index (χ1) is 13.1. The fourth-order valence-corrected chi connectivity index (χ4v) is 3.82. The van der Waals surface area contributed by atoms with E-state index in [1.165, 1.54) is 103 Å². The molecule has 0 radical (unpaired) electrons. The number of rotatable bonds is 21. The van der Waals surface area contributed by atoms with Gasteiger partial charge in [0.2, 0.25) is 0 Å². The zero-order chi connectivity index (χ0) is 20.2. The molecule has 0 aromatic carbocycles. The van der Waals surface area contributed by atoms with Gasteiger partial charge in [-0.2, -0.15) is 0 Å². The Kier molecular flexibility index (Phi) is 25.2. The van der Waals surface area contributed by atoms with Crippen LogP contribution in [0.5, 0.6) is 0 Å². The first-order valence-electron chi connectivity index (χ1n) is 12.1. The molecule has 0 bridgehead atoms. The van der Waals surface area contributed by atoms with Crippen molar-refractivity contribution in [3.63, 3.8) is 0 Å². The molecule has 0 saturated carbocycles. The van der Waals surface area contributed by atoms with Crippen LogP contribution in [0.1, 0.15) is 130 Å². The summed E-state index contributed by atoms with van der Waals surface area (Å²) >= 11 is 0.